The molecule has 0 atom stereocenters. The van der Waals surface area contributed by atoms with Crippen LogP contribution in [-0.4, -0.2) is 9.55 Å². The molecule has 0 unspecified atom stereocenters. The second-order valence-corrected chi connectivity index (χ2v) is 8.01. The molecule has 152 valence electrons. The van der Waals surface area contributed by atoms with Gasteiger partial charge in [-0.2, -0.15) is 0 Å². The zero-order valence-corrected chi connectivity index (χ0v) is 18.1. The van der Waals surface area contributed by atoms with Crippen LogP contribution in [-0.2, 0) is 6.61 Å². The molecule has 2 heterocycles. The highest BCUT2D eigenvalue weighted by Gasteiger charge is 2.13. The maximum atomic E-state index is 6.06. The Hall–Kier alpha value is -3.33. The van der Waals surface area contributed by atoms with Crippen molar-refractivity contribution in [3.63, 3.8) is 0 Å². The molecule has 0 aliphatic heterocycles. The van der Waals surface area contributed by atoms with Crippen LogP contribution in [0.4, 0.5) is 0 Å². The van der Waals surface area contributed by atoms with E-state index in [1.54, 1.807) is 0 Å². The van der Waals surface area contributed by atoms with Gasteiger partial charge in [0.25, 0.3) is 0 Å². The Morgan fingerprint density at radius 3 is 2.27 bits per heavy atom. The van der Waals surface area contributed by atoms with Crippen molar-refractivity contribution in [2.75, 3.05) is 0 Å². The molecule has 2 aromatic carbocycles. The van der Waals surface area contributed by atoms with Crippen molar-refractivity contribution in [1.82, 2.24) is 9.55 Å². The van der Waals surface area contributed by atoms with E-state index in [-0.39, 0.29) is 0 Å². The first kappa shape index (κ1) is 20.0. The smallest absolute Gasteiger partial charge is 0.137 e. The molecule has 0 saturated heterocycles. The Balaban J connectivity index is 1.66. The van der Waals surface area contributed by atoms with Gasteiger partial charge in [0.05, 0.1) is 5.69 Å². The van der Waals surface area contributed by atoms with Gasteiger partial charge in [0.2, 0.25) is 0 Å². The maximum Gasteiger partial charge on any atom is 0.137 e. The number of hydrogen-bond acceptors (Lipinski definition) is 2. The molecule has 0 saturated carbocycles. The van der Waals surface area contributed by atoms with Crippen molar-refractivity contribution in [3.05, 3.63) is 101 Å². The van der Waals surface area contributed by atoms with E-state index in [0.717, 1.165) is 22.8 Å². The van der Waals surface area contributed by atoms with Crippen LogP contribution < -0.4 is 4.74 Å². The number of hydrogen-bond donors (Lipinski definition) is 0. The summed E-state index contributed by atoms with van der Waals surface area (Å²) in [5.74, 6) is 2.20. The Morgan fingerprint density at radius 1 is 0.833 bits per heavy atom. The summed E-state index contributed by atoms with van der Waals surface area (Å²) in [5.41, 5.74) is 6.92. The van der Waals surface area contributed by atoms with E-state index in [2.05, 4.69) is 86.9 Å². The van der Waals surface area contributed by atoms with E-state index < -0.39 is 0 Å². The summed E-state index contributed by atoms with van der Waals surface area (Å²) in [7, 11) is 0. The van der Waals surface area contributed by atoms with Gasteiger partial charge in [0.15, 0.2) is 0 Å². The van der Waals surface area contributed by atoms with Crippen molar-refractivity contribution < 1.29 is 4.74 Å². The van der Waals surface area contributed by atoms with Gasteiger partial charge < -0.3 is 9.30 Å². The van der Waals surface area contributed by atoms with Crippen LogP contribution in [0.15, 0.2) is 78.9 Å². The molecule has 3 nitrogen and oxygen atoms in total. The number of aryl methyl sites for hydroxylation is 2. The van der Waals surface area contributed by atoms with Gasteiger partial charge >= 0.3 is 0 Å². The van der Waals surface area contributed by atoms with E-state index in [0.29, 0.717) is 12.5 Å². The minimum atomic E-state index is 0.362. The lowest BCUT2D eigenvalue weighted by Gasteiger charge is -2.16. The van der Waals surface area contributed by atoms with Gasteiger partial charge in [-0.3, -0.25) is 0 Å². The zero-order chi connectivity index (χ0) is 21.1. The average molecular weight is 397 g/mol. The van der Waals surface area contributed by atoms with Gasteiger partial charge in [0, 0.05) is 17.0 Å². The second kappa shape index (κ2) is 8.58. The summed E-state index contributed by atoms with van der Waals surface area (Å²) >= 11 is 0. The number of rotatable bonds is 6. The van der Waals surface area contributed by atoms with E-state index in [4.69, 9.17) is 9.72 Å². The summed E-state index contributed by atoms with van der Waals surface area (Å²) in [6.07, 6.45) is 0. The molecule has 4 aromatic rings. The quantitative estimate of drug-likeness (QED) is 0.356. The lowest BCUT2D eigenvalue weighted by molar-refractivity contribution is 0.306. The molecular formula is C27H28N2O. The summed E-state index contributed by atoms with van der Waals surface area (Å²) in [6, 6.07) is 27.1. The van der Waals surface area contributed by atoms with Gasteiger partial charge in [-0.15, -0.1) is 0 Å². The van der Waals surface area contributed by atoms with Crippen LogP contribution in [0.3, 0.4) is 0 Å². The maximum absolute atomic E-state index is 6.06. The van der Waals surface area contributed by atoms with Crippen LogP contribution >= 0.6 is 0 Å². The van der Waals surface area contributed by atoms with Crippen molar-refractivity contribution in [2.24, 2.45) is 0 Å². The molecule has 30 heavy (non-hydrogen) atoms. The van der Waals surface area contributed by atoms with Crippen LogP contribution in [0.5, 0.6) is 5.75 Å². The molecule has 3 heteroatoms. The fraction of sp³-hybridized carbons (Fsp3) is 0.222. The Kier molecular flexibility index (Phi) is 5.71. The Labute approximate surface area is 179 Å². The first-order valence-electron chi connectivity index (χ1n) is 10.5. The highest BCUT2D eigenvalue weighted by molar-refractivity contribution is 5.66. The second-order valence-electron chi connectivity index (χ2n) is 8.01. The summed E-state index contributed by atoms with van der Waals surface area (Å²) < 4.78 is 8.25. The molecule has 0 aliphatic carbocycles. The zero-order valence-electron chi connectivity index (χ0n) is 18.1. The predicted molar refractivity (Wildman–Crippen MR) is 123 cm³/mol. The molecule has 0 amide bonds. The van der Waals surface area contributed by atoms with Crippen LogP contribution in [0.25, 0.3) is 17.1 Å². The normalized spacial score (nSPS) is 11.1. The fourth-order valence-corrected chi connectivity index (χ4v) is 3.81. The third kappa shape index (κ3) is 4.16. The minimum absolute atomic E-state index is 0.362. The molecule has 0 bridgehead atoms. The minimum Gasteiger partial charge on any atom is -0.489 e. The van der Waals surface area contributed by atoms with Crippen LogP contribution in [0, 0.1) is 13.8 Å². The molecule has 0 fully saturated rings. The first-order chi connectivity index (χ1) is 14.5. The number of aromatic nitrogens is 2. The summed E-state index contributed by atoms with van der Waals surface area (Å²) in [6.45, 7) is 9.21. The van der Waals surface area contributed by atoms with E-state index in [9.17, 15) is 0 Å². The molecule has 0 spiro atoms. The van der Waals surface area contributed by atoms with E-state index in [1.165, 1.54) is 22.5 Å². The highest BCUT2D eigenvalue weighted by Crippen LogP contribution is 2.32. The molecule has 0 N–H and O–H groups in total. The monoisotopic (exact) mass is 396 g/mol. The molecular weight excluding hydrogens is 368 g/mol. The van der Waals surface area contributed by atoms with E-state index >= 15 is 0 Å². The predicted octanol–water partition coefficient (Wildman–Crippen LogP) is 6.86. The standard InChI is InChI=1S/C27H28N2O/c1-19(2)25-17-23(30-18-22-9-6-5-7-10-22)15-16-24(25)26-11-8-12-27(28-26)29-20(3)13-14-21(29)4/h5-17,19H,18H2,1-4H3. The van der Waals surface area contributed by atoms with Crippen LogP contribution in [0.2, 0.25) is 0 Å². The summed E-state index contributed by atoms with van der Waals surface area (Å²) in [4.78, 5) is 5.00. The van der Waals surface area contributed by atoms with Crippen molar-refractivity contribution in [1.29, 1.82) is 0 Å². The molecule has 0 aliphatic rings. The number of benzene rings is 2. The fourth-order valence-electron chi connectivity index (χ4n) is 3.81. The third-order valence-electron chi connectivity index (χ3n) is 5.40. The molecule has 2 aromatic heterocycles. The molecule has 4 rings (SSSR count). The van der Waals surface area contributed by atoms with Gasteiger partial charge in [-0.1, -0.05) is 50.2 Å². The summed E-state index contributed by atoms with van der Waals surface area (Å²) in [5, 5.41) is 0. The Bertz CT molecular complexity index is 1120. The highest BCUT2D eigenvalue weighted by atomic mass is 16.5. The van der Waals surface area contributed by atoms with E-state index in [1.807, 2.05) is 24.3 Å². The molecule has 0 radical (unpaired) electrons. The lowest BCUT2D eigenvalue weighted by Crippen LogP contribution is -2.03. The third-order valence-corrected chi connectivity index (χ3v) is 5.40. The van der Waals surface area contributed by atoms with Gasteiger partial charge in [-0.05, 0) is 73.4 Å². The number of pyridine rings is 1. The SMILES string of the molecule is Cc1ccc(C)n1-c1cccc(-c2ccc(OCc3ccccc3)cc2C(C)C)n1. The Morgan fingerprint density at radius 2 is 1.57 bits per heavy atom. The van der Waals surface area contributed by atoms with Crippen LogP contribution in [0.1, 0.15) is 42.3 Å². The van der Waals surface area contributed by atoms with Gasteiger partial charge in [-0.25, -0.2) is 4.98 Å². The topological polar surface area (TPSA) is 27.1 Å². The number of ether oxygens (including phenoxy) is 1. The lowest BCUT2D eigenvalue weighted by atomic mass is 9.94. The number of nitrogens with zero attached hydrogens (tertiary/aromatic N) is 2. The van der Waals surface area contributed by atoms with Crippen molar-refractivity contribution >= 4 is 0 Å². The first-order valence-corrected chi connectivity index (χ1v) is 10.5. The average Bonchev–Trinajstić information content (AvgIpc) is 3.11. The van der Waals surface area contributed by atoms with Crippen molar-refractivity contribution in [3.8, 4) is 22.8 Å². The largest absolute Gasteiger partial charge is 0.489 e. The van der Waals surface area contributed by atoms with Gasteiger partial charge in [0.1, 0.15) is 18.2 Å². The van der Waals surface area contributed by atoms with Crippen molar-refractivity contribution in [2.45, 2.75) is 40.2 Å².